The summed E-state index contributed by atoms with van der Waals surface area (Å²) in [4.78, 5) is 10.5. The van der Waals surface area contributed by atoms with Crippen LogP contribution in [-0.4, -0.2) is 12.0 Å². The van der Waals surface area contributed by atoms with E-state index in [2.05, 4.69) is 37.2 Å². The minimum atomic E-state index is -0.407. The molecule has 2 aromatic carbocycles. The quantitative estimate of drug-likeness (QED) is 0.565. The van der Waals surface area contributed by atoms with Gasteiger partial charge in [-0.2, -0.15) is 0 Å². The highest BCUT2D eigenvalue weighted by Crippen LogP contribution is 2.28. The van der Waals surface area contributed by atoms with Crippen LogP contribution in [-0.2, 0) is 6.54 Å². The van der Waals surface area contributed by atoms with Gasteiger partial charge < -0.3 is 10.1 Å². The van der Waals surface area contributed by atoms with Gasteiger partial charge in [0.2, 0.25) is 0 Å². The molecule has 0 fully saturated rings. The van der Waals surface area contributed by atoms with Gasteiger partial charge in [-0.3, -0.25) is 10.1 Å². The molecule has 0 heterocycles. The maximum atomic E-state index is 10.9. The van der Waals surface area contributed by atoms with E-state index in [4.69, 9.17) is 4.74 Å². The van der Waals surface area contributed by atoms with Crippen molar-refractivity contribution in [2.45, 2.75) is 6.54 Å². The second-order valence-electron chi connectivity index (χ2n) is 4.27. The summed E-state index contributed by atoms with van der Waals surface area (Å²) >= 11 is 6.73. The van der Waals surface area contributed by atoms with Gasteiger partial charge in [0.25, 0.3) is 5.69 Å². The number of rotatable bonds is 5. The molecule has 7 heteroatoms. The fraction of sp³-hybridized carbons (Fsp3) is 0.143. The molecule has 2 rings (SSSR count). The maximum Gasteiger partial charge on any atom is 0.270 e. The molecule has 110 valence electrons. The van der Waals surface area contributed by atoms with Crippen molar-refractivity contribution in [3.63, 3.8) is 0 Å². The lowest BCUT2D eigenvalue weighted by atomic mass is 10.2. The lowest BCUT2D eigenvalue weighted by molar-refractivity contribution is -0.385. The third-order valence-corrected chi connectivity index (χ3v) is 3.96. The molecular weight excluding hydrogens is 404 g/mol. The highest BCUT2D eigenvalue weighted by atomic mass is 79.9. The zero-order chi connectivity index (χ0) is 15.4. The van der Waals surface area contributed by atoms with Crippen LogP contribution in [0.3, 0.4) is 0 Å². The summed E-state index contributed by atoms with van der Waals surface area (Å²) in [5.74, 6) is 0.737. The Bertz CT molecular complexity index is 677. The number of hydrogen-bond acceptors (Lipinski definition) is 4. The summed E-state index contributed by atoms with van der Waals surface area (Å²) in [6.07, 6.45) is 0. The van der Waals surface area contributed by atoms with E-state index in [1.807, 2.05) is 24.3 Å². The van der Waals surface area contributed by atoms with Gasteiger partial charge in [-0.15, -0.1) is 0 Å². The molecular formula is C14H12Br2N2O3. The number of halogens is 2. The van der Waals surface area contributed by atoms with Crippen LogP contribution in [0, 0.1) is 10.1 Å². The van der Waals surface area contributed by atoms with E-state index in [-0.39, 0.29) is 5.69 Å². The highest BCUT2D eigenvalue weighted by Gasteiger charge is 2.09. The van der Waals surface area contributed by atoms with E-state index in [1.165, 1.54) is 6.07 Å². The van der Waals surface area contributed by atoms with Crippen LogP contribution in [0.25, 0.3) is 0 Å². The van der Waals surface area contributed by atoms with Crippen molar-refractivity contribution in [3.8, 4) is 5.75 Å². The van der Waals surface area contributed by atoms with E-state index in [0.29, 0.717) is 11.0 Å². The SMILES string of the molecule is COc1ccc(Br)c(NCc2cc(Br)cc([N+](=O)[O-])c2)c1. The fourth-order valence-corrected chi connectivity index (χ4v) is 2.72. The summed E-state index contributed by atoms with van der Waals surface area (Å²) in [6.45, 7) is 0.464. The van der Waals surface area contributed by atoms with E-state index in [1.54, 1.807) is 13.2 Å². The van der Waals surface area contributed by atoms with Gasteiger partial charge >= 0.3 is 0 Å². The molecule has 0 saturated heterocycles. The number of nitro groups is 1. The summed E-state index contributed by atoms with van der Waals surface area (Å²) < 4.78 is 6.75. The Hall–Kier alpha value is -1.60. The van der Waals surface area contributed by atoms with Crippen molar-refractivity contribution in [2.75, 3.05) is 12.4 Å². The third-order valence-electron chi connectivity index (χ3n) is 2.81. The van der Waals surface area contributed by atoms with Gasteiger partial charge in [-0.25, -0.2) is 0 Å². The van der Waals surface area contributed by atoms with Gasteiger partial charge in [0.1, 0.15) is 5.75 Å². The Balaban J connectivity index is 2.18. The number of methoxy groups -OCH3 is 1. The average molecular weight is 416 g/mol. The lowest BCUT2D eigenvalue weighted by Gasteiger charge is -2.10. The molecule has 1 N–H and O–H groups in total. The van der Waals surface area contributed by atoms with Gasteiger partial charge in [0.05, 0.1) is 17.7 Å². The Kier molecular flexibility index (Phi) is 5.19. The number of nitrogens with zero attached hydrogens (tertiary/aromatic N) is 1. The molecule has 5 nitrogen and oxygen atoms in total. The van der Waals surface area contributed by atoms with Gasteiger partial charge in [-0.1, -0.05) is 15.9 Å². The highest BCUT2D eigenvalue weighted by molar-refractivity contribution is 9.10. The second kappa shape index (κ2) is 6.91. The molecule has 0 aliphatic carbocycles. The number of non-ortho nitro benzene ring substituents is 1. The van der Waals surface area contributed by atoms with E-state index < -0.39 is 4.92 Å². The summed E-state index contributed by atoms with van der Waals surface area (Å²) in [5, 5.41) is 14.1. The summed E-state index contributed by atoms with van der Waals surface area (Å²) in [7, 11) is 1.60. The zero-order valence-corrected chi connectivity index (χ0v) is 14.3. The van der Waals surface area contributed by atoms with Gasteiger partial charge in [0.15, 0.2) is 0 Å². The standard InChI is InChI=1S/C14H12Br2N2O3/c1-21-12-2-3-13(16)14(7-12)17-8-9-4-10(15)6-11(5-9)18(19)20/h2-7,17H,8H2,1H3. The van der Waals surface area contributed by atoms with E-state index in [9.17, 15) is 10.1 Å². The van der Waals surface area contributed by atoms with Crippen LogP contribution in [0.5, 0.6) is 5.75 Å². The van der Waals surface area contributed by atoms with Gasteiger partial charge in [-0.05, 0) is 39.7 Å². The number of nitrogens with one attached hydrogen (secondary N) is 1. The van der Waals surface area contributed by atoms with E-state index in [0.717, 1.165) is 21.5 Å². The first-order valence-electron chi connectivity index (χ1n) is 6.01. The number of anilines is 1. The van der Waals surface area contributed by atoms with Crippen LogP contribution >= 0.6 is 31.9 Å². The molecule has 0 spiro atoms. The molecule has 21 heavy (non-hydrogen) atoms. The predicted molar refractivity (Wildman–Crippen MR) is 88.8 cm³/mol. The van der Waals surface area contributed by atoms with Crippen LogP contribution < -0.4 is 10.1 Å². The smallest absolute Gasteiger partial charge is 0.270 e. The van der Waals surface area contributed by atoms with Crippen LogP contribution in [0.4, 0.5) is 11.4 Å². The number of nitro benzene ring substituents is 1. The molecule has 0 atom stereocenters. The lowest BCUT2D eigenvalue weighted by Crippen LogP contribution is -2.01. The van der Waals surface area contributed by atoms with Crippen LogP contribution in [0.2, 0.25) is 0 Å². The van der Waals surface area contributed by atoms with Crippen molar-refractivity contribution >= 4 is 43.2 Å². The van der Waals surface area contributed by atoms with Crippen molar-refractivity contribution in [2.24, 2.45) is 0 Å². The number of ether oxygens (including phenoxy) is 1. The Morgan fingerprint density at radius 3 is 2.67 bits per heavy atom. The van der Waals surface area contributed by atoms with Crippen molar-refractivity contribution in [3.05, 3.63) is 61.0 Å². The minimum absolute atomic E-state index is 0.0610. The molecule has 0 aliphatic rings. The first-order valence-corrected chi connectivity index (χ1v) is 7.59. The molecule has 2 aromatic rings. The van der Waals surface area contributed by atoms with Crippen LogP contribution in [0.15, 0.2) is 45.3 Å². The first-order chi connectivity index (χ1) is 9.99. The summed E-state index contributed by atoms with van der Waals surface area (Å²) in [6, 6.07) is 10.4. The van der Waals surface area contributed by atoms with Crippen molar-refractivity contribution in [1.29, 1.82) is 0 Å². The molecule has 0 unspecified atom stereocenters. The van der Waals surface area contributed by atoms with Crippen LogP contribution in [0.1, 0.15) is 5.56 Å². The normalized spacial score (nSPS) is 10.2. The maximum absolute atomic E-state index is 10.9. The molecule has 0 radical (unpaired) electrons. The van der Waals surface area contributed by atoms with Crippen molar-refractivity contribution < 1.29 is 9.66 Å². The Labute approximate surface area is 138 Å². The summed E-state index contributed by atoms with van der Waals surface area (Å²) in [5.41, 5.74) is 1.73. The molecule has 0 bridgehead atoms. The number of hydrogen-bond donors (Lipinski definition) is 1. The first kappa shape index (κ1) is 15.8. The second-order valence-corrected chi connectivity index (χ2v) is 6.04. The molecule has 0 aromatic heterocycles. The zero-order valence-electron chi connectivity index (χ0n) is 11.1. The van der Waals surface area contributed by atoms with Gasteiger partial charge in [0, 0.05) is 33.7 Å². The third kappa shape index (κ3) is 4.18. The topological polar surface area (TPSA) is 64.4 Å². The number of benzene rings is 2. The largest absolute Gasteiger partial charge is 0.497 e. The monoisotopic (exact) mass is 414 g/mol. The van der Waals surface area contributed by atoms with E-state index >= 15 is 0 Å². The minimum Gasteiger partial charge on any atom is -0.497 e. The Morgan fingerprint density at radius 1 is 1.24 bits per heavy atom. The fourth-order valence-electron chi connectivity index (χ4n) is 1.80. The molecule has 0 saturated carbocycles. The average Bonchev–Trinajstić information content (AvgIpc) is 2.46. The Morgan fingerprint density at radius 2 is 2.00 bits per heavy atom. The van der Waals surface area contributed by atoms with Crippen molar-refractivity contribution in [1.82, 2.24) is 0 Å². The predicted octanol–water partition coefficient (Wildman–Crippen LogP) is 4.74. The molecule has 0 amide bonds. The molecule has 0 aliphatic heterocycles.